The first-order chi connectivity index (χ1) is 6.83. The van der Waals surface area contributed by atoms with Crippen molar-refractivity contribution in [3.63, 3.8) is 0 Å². The molecule has 0 radical (unpaired) electrons. The van der Waals surface area contributed by atoms with Crippen LogP contribution in [0.25, 0.3) is 0 Å². The molecule has 2 heterocycles. The fraction of sp³-hybridized carbons (Fsp3) is 0.556. The smallest absolute Gasteiger partial charge is 0.199 e. The summed E-state index contributed by atoms with van der Waals surface area (Å²) in [6, 6.07) is 0. The fourth-order valence-corrected chi connectivity index (χ4v) is 1.88. The molecule has 0 spiro atoms. The van der Waals surface area contributed by atoms with Gasteiger partial charge >= 0.3 is 0 Å². The largest absolute Gasteiger partial charge is 0.490 e. The summed E-state index contributed by atoms with van der Waals surface area (Å²) >= 11 is 5.91. The minimum absolute atomic E-state index is 0.379. The highest BCUT2D eigenvalue weighted by Crippen LogP contribution is 2.32. The monoisotopic (exact) mass is 213 g/mol. The third-order valence-electron chi connectivity index (χ3n) is 2.35. The van der Waals surface area contributed by atoms with Gasteiger partial charge in [-0.25, -0.2) is 9.97 Å². The molecule has 1 aliphatic rings. The van der Waals surface area contributed by atoms with E-state index in [4.69, 9.17) is 16.3 Å². The number of hydrogen-bond acceptors (Lipinski definition) is 4. The highest BCUT2D eigenvalue weighted by molar-refractivity contribution is 6.31. The molecule has 0 amide bonds. The Morgan fingerprint density at radius 2 is 2.07 bits per heavy atom. The molecule has 4 nitrogen and oxygen atoms in total. The van der Waals surface area contributed by atoms with Gasteiger partial charge in [0.05, 0.1) is 7.11 Å². The van der Waals surface area contributed by atoms with Gasteiger partial charge in [-0.05, 0) is 12.8 Å². The molecule has 1 saturated heterocycles. The first kappa shape index (κ1) is 9.52. The third-order valence-corrected chi connectivity index (χ3v) is 2.62. The van der Waals surface area contributed by atoms with Crippen LogP contribution in [0.5, 0.6) is 5.75 Å². The third kappa shape index (κ3) is 1.62. The van der Waals surface area contributed by atoms with E-state index in [1.807, 2.05) is 0 Å². The molecular weight excluding hydrogens is 202 g/mol. The topological polar surface area (TPSA) is 38.3 Å². The SMILES string of the molecule is COc1c(Cl)ncnc1N1CCCC1. The fourth-order valence-electron chi connectivity index (χ4n) is 1.67. The Bertz CT molecular complexity index is 326. The van der Waals surface area contributed by atoms with Crippen molar-refractivity contribution >= 4 is 17.4 Å². The number of methoxy groups -OCH3 is 1. The highest BCUT2D eigenvalue weighted by atomic mass is 35.5. The maximum Gasteiger partial charge on any atom is 0.199 e. The van der Waals surface area contributed by atoms with Crippen molar-refractivity contribution in [3.8, 4) is 5.75 Å². The molecule has 0 bridgehead atoms. The number of anilines is 1. The molecule has 2 rings (SSSR count). The zero-order valence-corrected chi connectivity index (χ0v) is 8.79. The van der Waals surface area contributed by atoms with Crippen LogP contribution in [0.1, 0.15) is 12.8 Å². The van der Waals surface area contributed by atoms with Crippen LogP contribution >= 0.6 is 11.6 Å². The zero-order chi connectivity index (χ0) is 9.97. The van der Waals surface area contributed by atoms with Crippen molar-refractivity contribution in [3.05, 3.63) is 11.5 Å². The summed E-state index contributed by atoms with van der Waals surface area (Å²) in [6.07, 6.45) is 3.87. The van der Waals surface area contributed by atoms with Gasteiger partial charge in [0.1, 0.15) is 6.33 Å². The molecule has 1 aliphatic heterocycles. The Morgan fingerprint density at radius 1 is 1.36 bits per heavy atom. The number of halogens is 1. The van der Waals surface area contributed by atoms with Gasteiger partial charge in [-0.3, -0.25) is 0 Å². The first-order valence-corrected chi connectivity index (χ1v) is 5.00. The van der Waals surface area contributed by atoms with Gasteiger partial charge < -0.3 is 9.64 Å². The molecule has 0 saturated carbocycles. The minimum atomic E-state index is 0.379. The number of rotatable bonds is 2. The molecule has 0 atom stereocenters. The van der Waals surface area contributed by atoms with Gasteiger partial charge in [0.25, 0.3) is 0 Å². The molecule has 0 unspecified atom stereocenters. The van der Waals surface area contributed by atoms with E-state index in [0.717, 1.165) is 18.9 Å². The molecule has 5 heteroatoms. The van der Waals surface area contributed by atoms with Crippen LogP contribution in [0.4, 0.5) is 5.82 Å². The van der Waals surface area contributed by atoms with Crippen LogP contribution < -0.4 is 9.64 Å². The summed E-state index contributed by atoms with van der Waals surface area (Å²) < 4.78 is 5.19. The Hall–Kier alpha value is -1.03. The summed E-state index contributed by atoms with van der Waals surface area (Å²) in [4.78, 5) is 10.3. The van der Waals surface area contributed by atoms with E-state index >= 15 is 0 Å². The lowest BCUT2D eigenvalue weighted by atomic mass is 10.4. The lowest BCUT2D eigenvalue weighted by molar-refractivity contribution is 0.411. The summed E-state index contributed by atoms with van der Waals surface area (Å²) in [6.45, 7) is 2.04. The van der Waals surface area contributed by atoms with E-state index in [9.17, 15) is 0 Å². The quantitative estimate of drug-likeness (QED) is 0.702. The molecule has 76 valence electrons. The standard InChI is InChI=1S/C9H12ClN3O/c1-14-7-8(10)11-6-12-9(7)13-4-2-3-5-13/h6H,2-5H2,1H3. The minimum Gasteiger partial charge on any atom is -0.490 e. The summed E-state index contributed by atoms with van der Waals surface area (Å²) in [7, 11) is 1.59. The number of aromatic nitrogens is 2. The summed E-state index contributed by atoms with van der Waals surface area (Å²) in [5.74, 6) is 1.39. The number of ether oxygens (including phenoxy) is 1. The molecule has 1 aromatic heterocycles. The van der Waals surface area contributed by atoms with Crippen molar-refractivity contribution in [1.82, 2.24) is 9.97 Å². The molecule has 0 aliphatic carbocycles. The second kappa shape index (κ2) is 4.00. The van der Waals surface area contributed by atoms with Gasteiger partial charge in [0.2, 0.25) is 0 Å². The summed E-state index contributed by atoms with van der Waals surface area (Å²) in [5.41, 5.74) is 0. The van der Waals surface area contributed by atoms with Crippen LogP contribution in [0.15, 0.2) is 6.33 Å². The van der Waals surface area contributed by atoms with Gasteiger partial charge in [-0.15, -0.1) is 0 Å². The van der Waals surface area contributed by atoms with Crippen molar-refractivity contribution < 1.29 is 4.74 Å². The van der Waals surface area contributed by atoms with Gasteiger partial charge in [-0.1, -0.05) is 11.6 Å². The van der Waals surface area contributed by atoms with E-state index in [2.05, 4.69) is 14.9 Å². The van der Waals surface area contributed by atoms with E-state index in [0.29, 0.717) is 10.9 Å². The van der Waals surface area contributed by atoms with Gasteiger partial charge in [-0.2, -0.15) is 0 Å². The average molecular weight is 214 g/mol. The van der Waals surface area contributed by atoms with E-state index in [-0.39, 0.29) is 0 Å². The molecule has 14 heavy (non-hydrogen) atoms. The van der Waals surface area contributed by atoms with Crippen LogP contribution in [0.3, 0.4) is 0 Å². The van der Waals surface area contributed by atoms with Crippen LogP contribution in [-0.4, -0.2) is 30.2 Å². The summed E-state index contributed by atoms with van der Waals surface area (Å²) in [5, 5.41) is 0.379. The first-order valence-electron chi connectivity index (χ1n) is 4.62. The predicted molar refractivity (Wildman–Crippen MR) is 55.0 cm³/mol. The maximum atomic E-state index is 5.91. The van der Waals surface area contributed by atoms with E-state index in [1.54, 1.807) is 7.11 Å². The lowest BCUT2D eigenvalue weighted by Crippen LogP contribution is -2.20. The van der Waals surface area contributed by atoms with Crippen molar-refractivity contribution in [2.75, 3.05) is 25.1 Å². The van der Waals surface area contributed by atoms with Crippen molar-refractivity contribution in [1.29, 1.82) is 0 Å². The molecule has 1 fully saturated rings. The van der Waals surface area contributed by atoms with Crippen molar-refractivity contribution in [2.45, 2.75) is 12.8 Å². The Morgan fingerprint density at radius 3 is 2.71 bits per heavy atom. The molecular formula is C9H12ClN3O. The van der Waals surface area contributed by atoms with Gasteiger partial charge in [0.15, 0.2) is 16.7 Å². The zero-order valence-electron chi connectivity index (χ0n) is 8.03. The van der Waals surface area contributed by atoms with Crippen LogP contribution in [0.2, 0.25) is 5.15 Å². The molecule has 0 aromatic carbocycles. The Labute approximate surface area is 87.9 Å². The molecule has 1 aromatic rings. The second-order valence-corrected chi connectivity index (χ2v) is 3.57. The van der Waals surface area contributed by atoms with Crippen LogP contribution in [-0.2, 0) is 0 Å². The van der Waals surface area contributed by atoms with E-state index < -0.39 is 0 Å². The Kier molecular flexibility index (Phi) is 2.72. The van der Waals surface area contributed by atoms with Crippen LogP contribution in [0, 0.1) is 0 Å². The predicted octanol–water partition coefficient (Wildman–Crippen LogP) is 1.74. The number of hydrogen-bond donors (Lipinski definition) is 0. The average Bonchev–Trinajstić information content (AvgIpc) is 2.70. The lowest BCUT2D eigenvalue weighted by Gasteiger charge is -2.18. The Balaban J connectivity index is 2.35. The second-order valence-electron chi connectivity index (χ2n) is 3.22. The van der Waals surface area contributed by atoms with E-state index in [1.165, 1.54) is 19.2 Å². The van der Waals surface area contributed by atoms with Crippen molar-refractivity contribution in [2.24, 2.45) is 0 Å². The maximum absolute atomic E-state index is 5.91. The number of nitrogens with zero attached hydrogens (tertiary/aromatic N) is 3. The highest BCUT2D eigenvalue weighted by Gasteiger charge is 2.19. The normalized spacial score (nSPS) is 16.0. The van der Waals surface area contributed by atoms with Gasteiger partial charge in [0, 0.05) is 13.1 Å². The molecule has 0 N–H and O–H groups in total.